The molecule has 1 aliphatic rings. The molecule has 0 amide bonds. The van der Waals surface area contributed by atoms with Gasteiger partial charge in [0.15, 0.2) is 6.23 Å². The standard InChI is InChI=1S/C41H50BrF2N3O5S/c1-9-31-24-47(53(49,50)39-13-11-10-12-38(39)51-31)23-29-18-28(15-14-25(29)2)33(32-19-30(22-45(5)6)36(43)16-26(32)3)21-40(48)52-41(46(7)8)34-20-35(42)27(4)17-37(34)44/h10-20,31,33,41,49-50H,9,21-24H2,1-8H3. The van der Waals surface area contributed by atoms with Crippen molar-refractivity contribution in [1.82, 2.24) is 14.1 Å². The number of halogens is 3. The first-order chi connectivity index (χ1) is 25.0. The molecule has 0 saturated carbocycles. The van der Waals surface area contributed by atoms with Crippen LogP contribution in [-0.2, 0) is 22.6 Å². The van der Waals surface area contributed by atoms with E-state index in [0.717, 1.165) is 22.3 Å². The average molecular weight is 815 g/mol. The predicted octanol–water partition coefficient (Wildman–Crippen LogP) is 9.74. The van der Waals surface area contributed by atoms with Gasteiger partial charge in [0.1, 0.15) is 28.4 Å². The van der Waals surface area contributed by atoms with Gasteiger partial charge in [-0.1, -0.05) is 59.3 Å². The lowest BCUT2D eigenvalue weighted by molar-refractivity contribution is -0.158. The molecule has 2 N–H and O–H groups in total. The van der Waals surface area contributed by atoms with Crippen LogP contribution in [0.5, 0.6) is 5.75 Å². The molecule has 0 radical (unpaired) electrons. The van der Waals surface area contributed by atoms with Crippen molar-refractivity contribution < 1.29 is 32.2 Å². The summed E-state index contributed by atoms with van der Waals surface area (Å²) < 4.78 is 68.6. The maximum atomic E-state index is 15.3. The summed E-state index contributed by atoms with van der Waals surface area (Å²) in [5, 5.41) is 0. The molecule has 0 aliphatic carbocycles. The van der Waals surface area contributed by atoms with E-state index >= 15 is 8.78 Å². The third kappa shape index (κ3) is 9.30. The van der Waals surface area contributed by atoms with E-state index in [1.54, 1.807) is 54.5 Å². The predicted molar refractivity (Wildman–Crippen MR) is 210 cm³/mol. The van der Waals surface area contributed by atoms with Crippen molar-refractivity contribution in [1.29, 1.82) is 0 Å². The molecule has 4 aromatic carbocycles. The number of nitrogens with zero attached hydrogens (tertiary/aromatic N) is 3. The molecule has 12 heteroatoms. The Hall–Kier alpha value is -3.36. The first-order valence-corrected chi connectivity index (χ1v) is 19.9. The van der Waals surface area contributed by atoms with Crippen LogP contribution in [0.25, 0.3) is 0 Å². The van der Waals surface area contributed by atoms with E-state index < -0.39 is 34.7 Å². The summed E-state index contributed by atoms with van der Waals surface area (Å²) in [7, 11) is 3.74. The maximum Gasteiger partial charge on any atom is 0.308 e. The van der Waals surface area contributed by atoms with Crippen molar-refractivity contribution in [2.24, 2.45) is 0 Å². The van der Waals surface area contributed by atoms with Gasteiger partial charge in [0.25, 0.3) is 0 Å². The SMILES string of the molecule is CCC1CN(Cc2cc(C(CC(=O)OC(c3cc(Br)c(C)cc3F)N(C)C)c3cc(CN(C)C)c(F)cc3C)ccc2C)S(O)(O)c2ccccc2O1. The molecule has 3 atom stereocenters. The normalized spacial score (nSPS) is 17.5. The van der Waals surface area contributed by atoms with Crippen LogP contribution in [0.15, 0.2) is 76.1 Å². The third-order valence-electron chi connectivity index (χ3n) is 9.71. The van der Waals surface area contributed by atoms with E-state index in [0.29, 0.717) is 44.8 Å². The van der Waals surface area contributed by atoms with Crippen LogP contribution in [0.1, 0.15) is 76.4 Å². The summed E-state index contributed by atoms with van der Waals surface area (Å²) in [5.41, 5.74) is 5.38. The highest BCUT2D eigenvalue weighted by molar-refractivity contribution is 9.10. The first kappa shape index (κ1) is 40.8. The zero-order valence-electron chi connectivity index (χ0n) is 31.6. The van der Waals surface area contributed by atoms with E-state index in [9.17, 15) is 13.9 Å². The number of hydrogen-bond acceptors (Lipinski definition) is 8. The Labute approximate surface area is 322 Å². The minimum absolute atomic E-state index is 0.118. The minimum atomic E-state index is -3.42. The molecule has 3 unspecified atom stereocenters. The van der Waals surface area contributed by atoms with Gasteiger partial charge in [0.05, 0.1) is 13.0 Å². The molecule has 8 nitrogen and oxygen atoms in total. The quantitative estimate of drug-likeness (QED) is 0.108. The lowest BCUT2D eigenvalue weighted by atomic mass is 9.83. The topological polar surface area (TPSA) is 85.7 Å². The summed E-state index contributed by atoms with van der Waals surface area (Å²) in [6.45, 7) is 8.41. The second-order valence-corrected chi connectivity index (χ2v) is 17.2. The molecule has 1 heterocycles. The van der Waals surface area contributed by atoms with E-state index in [4.69, 9.17) is 9.47 Å². The van der Waals surface area contributed by atoms with Gasteiger partial charge in [0, 0.05) is 34.6 Å². The Morgan fingerprint density at radius 1 is 0.943 bits per heavy atom. The van der Waals surface area contributed by atoms with Gasteiger partial charge in [0.2, 0.25) is 0 Å². The molecule has 0 bridgehead atoms. The van der Waals surface area contributed by atoms with E-state index in [1.165, 1.54) is 12.1 Å². The van der Waals surface area contributed by atoms with E-state index in [2.05, 4.69) is 15.9 Å². The number of fused-ring (bicyclic) bond motifs is 1. The molecule has 0 spiro atoms. The van der Waals surface area contributed by atoms with Crippen molar-refractivity contribution in [3.05, 3.63) is 127 Å². The van der Waals surface area contributed by atoms with Crippen molar-refractivity contribution >= 4 is 32.7 Å². The molecular weight excluding hydrogens is 764 g/mol. The van der Waals surface area contributed by atoms with Crippen molar-refractivity contribution in [3.63, 3.8) is 0 Å². The Kier molecular flexibility index (Phi) is 13.1. The molecule has 0 fully saturated rings. The Morgan fingerprint density at radius 2 is 1.64 bits per heavy atom. The highest BCUT2D eigenvalue weighted by atomic mass is 79.9. The van der Waals surface area contributed by atoms with Crippen LogP contribution >= 0.6 is 26.7 Å². The first-order valence-electron chi connectivity index (χ1n) is 17.6. The molecule has 0 saturated heterocycles. The molecule has 53 heavy (non-hydrogen) atoms. The van der Waals surface area contributed by atoms with Crippen LogP contribution in [0.4, 0.5) is 8.78 Å². The van der Waals surface area contributed by atoms with Crippen molar-refractivity contribution in [3.8, 4) is 5.75 Å². The van der Waals surface area contributed by atoms with Crippen LogP contribution < -0.4 is 4.74 Å². The summed E-state index contributed by atoms with van der Waals surface area (Å²) in [4.78, 5) is 17.9. The lowest BCUT2D eigenvalue weighted by Crippen LogP contribution is -2.34. The van der Waals surface area contributed by atoms with E-state index in [-0.39, 0.29) is 37.0 Å². The Balaban J connectivity index is 1.56. The molecule has 1 aliphatic heterocycles. The Morgan fingerprint density at radius 3 is 2.32 bits per heavy atom. The third-order valence-corrected chi connectivity index (χ3v) is 12.5. The molecule has 4 aromatic rings. The van der Waals surface area contributed by atoms with Gasteiger partial charge < -0.3 is 14.4 Å². The fourth-order valence-corrected chi connectivity index (χ4v) is 8.69. The summed E-state index contributed by atoms with van der Waals surface area (Å²) in [6.07, 6.45) is -0.721. The molecule has 5 rings (SSSR count). The van der Waals surface area contributed by atoms with Gasteiger partial charge in [-0.25, -0.2) is 8.78 Å². The van der Waals surface area contributed by atoms with Gasteiger partial charge in [-0.05, 0) is 119 Å². The van der Waals surface area contributed by atoms with Crippen LogP contribution in [0.3, 0.4) is 0 Å². The zero-order chi connectivity index (χ0) is 38.8. The summed E-state index contributed by atoms with van der Waals surface area (Å²) in [6, 6.07) is 19.2. The van der Waals surface area contributed by atoms with E-state index in [1.807, 2.05) is 70.1 Å². The largest absolute Gasteiger partial charge is 0.487 e. The van der Waals surface area contributed by atoms with Gasteiger partial charge >= 0.3 is 5.97 Å². The van der Waals surface area contributed by atoms with Gasteiger partial charge in [-0.15, -0.1) is 10.8 Å². The summed E-state index contributed by atoms with van der Waals surface area (Å²) >= 11 is 3.48. The van der Waals surface area contributed by atoms with Crippen LogP contribution in [-0.4, -0.2) is 70.0 Å². The number of ether oxygens (including phenoxy) is 2. The molecule has 286 valence electrons. The number of aryl methyl sites for hydroxylation is 3. The van der Waals surface area contributed by atoms with Gasteiger partial charge in [-0.3, -0.25) is 18.8 Å². The zero-order valence-corrected chi connectivity index (χ0v) is 34.0. The average Bonchev–Trinajstić information content (AvgIpc) is 3.19. The monoisotopic (exact) mass is 813 g/mol. The summed E-state index contributed by atoms with van der Waals surface area (Å²) in [5.74, 6) is -1.50. The smallest absolute Gasteiger partial charge is 0.308 e. The fraction of sp³-hybridized carbons (Fsp3) is 0.390. The number of carbonyl (C=O) groups is 1. The fourth-order valence-electron chi connectivity index (χ4n) is 6.71. The number of hydrogen-bond donors (Lipinski definition) is 2. The lowest BCUT2D eigenvalue weighted by Gasteiger charge is -2.42. The van der Waals surface area contributed by atoms with Crippen molar-refractivity contribution in [2.45, 2.75) is 76.8 Å². The van der Waals surface area contributed by atoms with Crippen molar-refractivity contribution in [2.75, 3.05) is 34.7 Å². The highest BCUT2D eigenvalue weighted by Gasteiger charge is 2.35. The number of para-hydroxylation sites is 1. The second-order valence-electron chi connectivity index (χ2n) is 14.3. The highest BCUT2D eigenvalue weighted by Crippen LogP contribution is 2.57. The number of rotatable bonds is 12. The Bertz CT molecular complexity index is 1960. The maximum absolute atomic E-state index is 15.3. The van der Waals surface area contributed by atoms with Gasteiger partial charge in [-0.2, -0.15) is 4.31 Å². The van der Waals surface area contributed by atoms with Crippen LogP contribution in [0, 0.1) is 32.4 Å². The molecular formula is C41H50BrF2N3O5S. The number of carbonyl (C=O) groups excluding carboxylic acids is 1. The minimum Gasteiger partial charge on any atom is -0.487 e. The van der Waals surface area contributed by atoms with Crippen LogP contribution in [0.2, 0.25) is 0 Å². The molecule has 0 aromatic heterocycles. The number of esters is 1. The second kappa shape index (κ2) is 17.0. The number of benzene rings is 4.